The van der Waals surface area contributed by atoms with Gasteiger partial charge in [-0.2, -0.15) is 0 Å². The molecule has 2 aromatic rings. The molecule has 0 aliphatic heterocycles. The van der Waals surface area contributed by atoms with Crippen molar-refractivity contribution in [3.63, 3.8) is 0 Å². The maximum Gasteiger partial charge on any atom is 0.213 e. The minimum Gasteiger partial charge on any atom is -0.474 e. The molecule has 3 N–H and O–H groups in total. The van der Waals surface area contributed by atoms with Crippen LogP contribution < -0.4 is 15.8 Å². The molecular weight excluding hydrogens is 439 g/mol. The standard InChI is InChI=1S/C20H26N4O.HI/c1-15-7-9-18(10-8-15)25-19-13-16(11-12-22-19)14-23-20(21)24-17-5-3-2-4-6-17;/h2-6,11-13,15,18H,7-10,14H2,1H3,(H3,21,23,24);1H. The Hall–Kier alpha value is -1.83. The van der Waals surface area contributed by atoms with Crippen LogP contribution in [0.3, 0.4) is 0 Å². The average Bonchev–Trinajstić information content (AvgIpc) is 2.63. The maximum absolute atomic E-state index is 6.04. The molecular formula is C20H27IN4O. The van der Waals surface area contributed by atoms with Gasteiger partial charge in [-0.1, -0.05) is 25.1 Å². The van der Waals surface area contributed by atoms with Gasteiger partial charge >= 0.3 is 0 Å². The van der Waals surface area contributed by atoms with Gasteiger partial charge < -0.3 is 15.8 Å². The lowest BCUT2D eigenvalue weighted by Gasteiger charge is -2.26. The van der Waals surface area contributed by atoms with Gasteiger partial charge in [-0.3, -0.25) is 0 Å². The number of hydrogen-bond acceptors (Lipinski definition) is 3. The second-order valence-electron chi connectivity index (χ2n) is 6.69. The largest absolute Gasteiger partial charge is 0.474 e. The molecule has 0 bridgehead atoms. The van der Waals surface area contributed by atoms with E-state index in [9.17, 15) is 0 Å². The lowest BCUT2D eigenvalue weighted by Crippen LogP contribution is -2.23. The van der Waals surface area contributed by atoms with E-state index >= 15 is 0 Å². The van der Waals surface area contributed by atoms with Gasteiger partial charge in [0.15, 0.2) is 5.96 Å². The summed E-state index contributed by atoms with van der Waals surface area (Å²) in [5.74, 6) is 1.89. The van der Waals surface area contributed by atoms with Crippen LogP contribution in [0.1, 0.15) is 38.2 Å². The van der Waals surface area contributed by atoms with E-state index in [0.29, 0.717) is 18.4 Å². The maximum atomic E-state index is 6.04. The number of aliphatic imine (C=N–C) groups is 1. The molecule has 0 spiro atoms. The van der Waals surface area contributed by atoms with Gasteiger partial charge in [0, 0.05) is 18.0 Å². The number of nitrogens with one attached hydrogen (secondary N) is 1. The Bertz CT molecular complexity index is 700. The minimum absolute atomic E-state index is 0. The minimum atomic E-state index is 0. The van der Waals surface area contributed by atoms with E-state index in [-0.39, 0.29) is 30.1 Å². The van der Waals surface area contributed by atoms with Crippen molar-refractivity contribution in [2.24, 2.45) is 16.6 Å². The molecule has 0 unspecified atom stereocenters. The average molecular weight is 466 g/mol. The Kier molecular flexibility index (Phi) is 8.15. The van der Waals surface area contributed by atoms with Crippen LogP contribution in [0.4, 0.5) is 5.69 Å². The van der Waals surface area contributed by atoms with E-state index in [2.05, 4.69) is 22.2 Å². The molecule has 1 heterocycles. The van der Waals surface area contributed by atoms with Crippen LogP contribution in [0.5, 0.6) is 5.88 Å². The zero-order chi connectivity index (χ0) is 17.5. The van der Waals surface area contributed by atoms with Crippen LogP contribution in [0, 0.1) is 5.92 Å². The fourth-order valence-corrected chi connectivity index (χ4v) is 3.02. The van der Waals surface area contributed by atoms with E-state index in [1.807, 2.05) is 42.5 Å². The van der Waals surface area contributed by atoms with Crippen molar-refractivity contribution < 1.29 is 4.74 Å². The molecule has 5 nitrogen and oxygen atoms in total. The topological polar surface area (TPSA) is 72.5 Å². The van der Waals surface area contributed by atoms with Gasteiger partial charge in [0.25, 0.3) is 0 Å². The number of hydrogen-bond donors (Lipinski definition) is 2. The summed E-state index contributed by atoms with van der Waals surface area (Å²) >= 11 is 0. The van der Waals surface area contributed by atoms with Crippen LogP contribution in [0.15, 0.2) is 53.7 Å². The summed E-state index contributed by atoms with van der Waals surface area (Å²) < 4.78 is 6.04. The third-order valence-electron chi connectivity index (χ3n) is 4.53. The van der Waals surface area contributed by atoms with Crippen molar-refractivity contribution in [1.29, 1.82) is 0 Å². The summed E-state index contributed by atoms with van der Waals surface area (Å²) in [7, 11) is 0. The first-order chi connectivity index (χ1) is 12.2. The first-order valence-electron chi connectivity index (χ1n) is 8.92. The van der Waals surface area contributed by atoms with Gasteiger partial charge in [-0.05, 0) is 55.4 Å². The van der Waals surface area contributed by atoms with E-state index in [0.717, 1.165) is 30.0 Å². The Morgan fingerprint density at radius 3 is 2.65 bits per heavy atom. The highest BCUT2D eigenvalue weighted by molar-refractivity contribution is 14.0. The Balaban J connectivity index is 0.00000243. The number of pyridine rings is 1. The number of nitrogens with two attached hydrogens (primary N) is 1. The highest BCUT2D eigenvalue weighted by atomic mass is 127. The predicted octanol–water partition coefficient (Wildman–Crippen LogP) is 4.58. The highest BCUT2D eigenvalue weighted by Gasteiger charge is 2.19. The second kappa shape index (κ2) is 10.4. The number of rotatable bonds is 5. The van der Waals surface area contributed by atoms with Crippen molar-refractivity contribution in [2.45, 2.75) is 45.3 Å². The Morgan fingerprint density at radius 2 is 1.92 bits per heavy atom. The van der Waals surface area contributed by atoms with Crippen LogP contribution in [-0.4, -0.2) is 17.0 Å². The zero-order valence-corrected chi connectivity index (χ0v) is 17.4. The predicted molar refractivity (Wildman–Crippen MR) is 117 cm³/mol. The van der Waals surface area contributed by atoms with Crippen LogP contribution >= 0.6 is 24.0 Å². The summed E-state index contributed by atoms with van der Waals surface area (Å²) in [4.78, 5) is 8.72. The molecule has 1 saturated carbocycles. The summed E-state index contributed by atoms with van der Waals surface area (Å²) in [6.45, 7) is 2.80. The molecule has 140 valence electrons. The smallest absolute Gasteiger partial charge is 0.213 e. The lowest BCUT2D eigenvalue weighted by molar-refractivity contribution is 0.130. The fraction of sp³-hybridized carbons (Fsp3) is 0.400. The van der Waals surface area contributed by atoms with Crippen molar-refractivity contribution in [2.75, 3.05) is 5.32 Å². The SMILES string of the molecule is CC1CCC(Oc2cc(CN=C(N)Nc3ccccc3)ccn2)CC1.I. The zero-order valence-electron chi connectivity index (χ0n) is 15.1. The monoisotopic (exact) mass is 466 g/mol. The third-order valence-corrected chi connectivity index (χ3v) is 4.53. The van der Waals surface area contributed by atoms with Crippen molar-refractivity contribution >= 4 is 35.6 Å². The van der Waals surface area contributed by atoms with Gasteiger partial charge in [0.05, 0.1) is 6.54 Å². The van der Waals surface area contributed by atoms with E-state index in [1.165, 1.54) is 12.8 Å². The Labute approximate surface area is 172 Å². The molecule has 1 aromatic heterocycles. The number of anilines is 1. The highest BCUT2D eigenvalue weighted by Crippen LogP contribution is 2.26. The van der Waals surface area contributed by atoms with Crippen LogP contribution in [0.25, 0.3) is 0 Å². The van der Waals surface area contributed by atoms with Crippen molar-refractivity contribution in [3.8, 4) is 5.88 Å². The molecule has 1 aliphatic carbocycles. The molecule has 1 fully saturated rings. The normalized spacial score (nSPS) is 20.1. The van der Waals surface area contributed by atoms with E-state index < -0.39 is 0 Å². The van der Waals surface area contributed by atoms with Gasteiger partial charge in [-0.25, -0.2) is 9.98 Å². The van der Waals surface area contributed by atoms with Gasteiger partial charge in [0.1, 0.15) is 6.10 Å². The fourth-order valence-electron chi connectivity index (χ4n) is 3.02. The number of para-hydroxylation sites is 1. The molecule has 1 aliphatic rings. The van der Waals surface area contributed by atoms with Crippen LogP contribution in [-0.2, 0) is 6.54 Å². The van der Waals surface area contributed by atoms with Crippen molar-refractivity contribution in [3.05, 3.63) is 54.2 Å². The summed E-state index contributed by atoms with van der Waals surface area (Å²) in [6, 6.07) is 13.7. The summed E-state index contributed by atoms with van der Waals surface area (Å²) in [5, 5.41) is 3.08. The van der Waals surface area contributed by atoms with Crippen LogP contribution in [0.2, 0.25) is 0 Å². The molecule has 3 rings (SSSR count). The summed E-state index contributed by atoms with van der Waals surface area (Å²) in [5.41, 5.74) is 7.91. The molecule has 6 heteroatoms. The number of halogens is 1. The lowest BCUT2D eigenvalue weighted by atomic mass is 9.89. The number of nitrogens with zero attached hydrogens (tertiary/aromatic N) is 2. The number of benzene rings is 1. The van der Waals surface area contributed by atoms with E-state index in [4.69, 9.17) is 10.5 Å². The molecule has 26 heavy (non-hydrogen) atoms. The second-order valence-corrected chi connectivity index (χ2v) is 6.69. The van der Waals surface area contributed by atoms with Gasteiger partial charge in [-0.15, -0.1) is 24.0 Å². The molecule has 0 amide bonds. The number of aromatic nitrogens is 1. The first kappa shape index (κ1) is 20.5. The number of guanidine groups is 1. The summed E-state index contributed by atoms with van der Waals surface area (Å²) in [6.07, 6.45) is 6.74. The molecule has 1 aromatic carbocycles. The quantitative estimate of drug-likeness (QED) is 0.384. The molecule has 0 saturated heterocycles. The molecule has 0 atom stereocenters. The third kappa shape index (κ3) is 6.48. The van der Waals surface area contributed by atoms with Gasteiger partial charge in [0.2, 0.25) is 5.88 Å². The Morgan fingerprint density at radius 1 is 1.19 bits per heavy atom. The number of ether oxygens (including phenoxy) is 1. The molecule has 0 radical (unpaired) electrons. The first-order valence-corrected chi connectivity index (χ1v) is 8.92. The van der Waals surface area contributed by atoms with E-state index in [1.54, 1.807) is 6.20 Å². The van der Waals surface area contributed by atoms with Crippen molar-refractivity contribution in [1.82, 2.24) is 4.98 Å².